The van der Waals surface area contributed by atoms with Gasteiger partial charge in [-0.2, -0.15) is 0 Å². The first-order valence-electron chi connectivity index (χ1n) is 8.05. The number of ether oxygens (including phenoxy) is 1. The fraction of sp³-hybridized carbons (Fsp3) is 0.211. The molecule has 26 heavy (non-hydrogen) atoms. The number of carbonyl (C=O) groups excluding carboxylic acids is 1. The van der Waals surface area contributed by atoms with Crippen LogP contribution in [0.25, 0.3) is 11.5 Å². The number of amides is 1. The van der Waals surface area contributed by atoms with Crippen LogP contribution >= 0.6 is 11.8 Å². The van der Waals surface area contributed by atoms with Gasteiger partial charge in [0.25, 0.3) is 5.22 Å². The molecular formula is C19H19N3O3S. The molecule has 0 aliphatic carbocycles. The highest BCUT2D eigenvalue weighted by Crippen LogP contribution is 2.28. The summed E-state index contributed by atoms with van der Waals surface area (Å²) in [5.74, 6) is 1.13. The Morgan fingerprint density at radius 1 is 1.12 bits per heavy atom. The van der Waals surface area contributed by atoms with E-state index < -0.39 is 0 Å². The molecule has 0 N–H and O–H groups in total. The van der Waals surface area contributed by atoms with Crippen LogP contribution in [0, 0.1) is 0 Å². The number of hydrogen-bond acceptors (Lipinski definition) is 6. The number of benzene rings is 2. The van der Waals surface area contributed by atoms with E-state index in [0.717, 1.165) is 17.0 Å². The van der Waals surface area contributed by atoms with E-state index in [1.54, 1.807) is 19.1 Å². The Labute approximate surface area is 156 Å². The smallest absolute Gasteiger partial charge is 0.277 e. The summed E-state index contributed by atoms with van der Waals surface area (Å²) in [6, 6.07) is 16.8. The minimum Gasteiger partial charge on any atom is -0.497 e. The molecule has 1 heterocycles. The van der Waals surface area contributed by atoms with Crippen LogP contribution in [0.15, 0.2) is 64.2 Å². The summed E-state index contributed by atoms with van der Waals surface area (Å²) in [5.41, 5.74) is 1.64. The van der Waals surface area contributed by atoms with Crippen molar-refractivity contribution in [2.75, 3.05) is 19.1 Å². The molecule has 1 atom stereocenters. The van der Waals surface area contributed by atoms with Crippen LogP contribution in [-0.4, -0.2) is 35.5 Å². The highest BCUT2D eigenvalue weighted by atomic mass is 32.2. The number of rotatable bonds is 6. The maximum atomic E-state index is 12.6. The summed E-state index contributed by atoms with van der Waals surface area (Å²) in [4.78, 5) is 14.2. The zero-order valence-electron chi connectivity index (χ0n) is 14.7. The predicted octanol–water partition coefficient (Wildman–Crippen LogP) is 3.89. The van der Waals surface area contributed by atoms with Crippen LogP contribution in [-0.2, 0) is 4.79 Å². The predicted molar refractivity (Wildman–Crippen MR) is 101 cm³/mol. The Hall–Kier alpha value is -2.80. The Kier molecular flexibility index (Phi) is 5.58. The number of thioether (sulfide) groups is 1. The topological polar surface area (TPSA) is 68.5 Å². The first-order chi connectivity index (χ1) is 12.6. The molecule has 0 radical (unpaired) electrons. The standard InChI is InChI=1S/C19H19N3O3S/c1-13(18(23)22(2)15-7-5-4-6-8-15)26-19-21-20-17(25-19)14-9-11-16(24-3)12-10-14/h4-13H,1-3H3/t13-/m1/s1. The second kappa shape index (κ2) is 8.05. The highest BCUT2D eigenvalue weighted by Gasteiger charge is 2.22. The molecule has 0 fully saturated rings. The lowest BCUT2D eigenvalue weighted by Gasteiger charge is -2.20. The van der Waals surface area contributed by atoms with Gasteiger partial charge >= 0.3 is 0 Å². The molecule has 7 heteroatoms. The van der Waals surface area contributed by atoms with Crippen molar-refractivity contribution in [3.63, 3.8) is 0 Å². The Morgan fingerprint density at radius 3 is 2.46 bits per heavy atom. The van der Waals surface area contributed by atoms with Crippen LogP contribution < -0.4 is 9.64 Å². The SMILES string of the molecule is COc1ccc(-c2nnc(S[C@H](C)C(=O)N(C)c3ccccc3)o2)cc1. The molecule has 0 spiro atoms. The van der Waals surface area contributed by atoms with Crippen LogP contribution in [0.1, 0.15) is 6.92 Å². The lowest BCUT2D eigenvalue weighted by Crippen LogP contribution is -2.33. The fourth-order valence-electron chi connectivity index (χ4n) is 2.36. The van der Waals surface area contributed by atoms with Gasteiger partial charge in [-0.25, -0.2) is 0 Å². The van der Waals surface area contributed by atoms with E-state index in [1.165, 1.54) is 11.8 Å². The third-order valence-electron chi connectivity index (χ3n) is 3.84. The maximum Gasteiger partial charge on any atom is 0.277 e. The Bertz CT molecular complexity index is 865. The van der Waals surface area contributed by atoms with Crippen molar-refractivity contribution in [2.45, 2.75) is 17.4 Å². The molecule has 1 aromatic heterocycles. The van der Waals surface area contributed by atoms with E-state index in [9.17, 15) is 4.79 Å². The van der Waals surface area contributed by atoms with Crippen molar-refractivity contribution >= 4 is 23.4 Å². The number of hydrogen-bond donors (Lipinski definition) is 0. The van der Waals surface area contributed by atoms with Gasteiger partial charge in [-0.1, -0.05) is 30.0 Å². The monoisotopic (exact) mass is 369 g/mol. The van der Waals surface area contributed by atoms with E-state index >= 15 is 0 Å². The molecule has 0 saturated carbocycles. The van der Waals surface area contributed by atoms with Gasteiger partial charge in [0, 0.05) is 18.3 Å². The van der Waals surface area contributed by atoms with Gasteiger partial charge in [0.2, 0.25) is 11.8 Å². The van der Waals surface area contributed by atoms with Crippen LogP contribution in [0.4, 0.5) is 5.69 Å². The van der Waals surface area contributed by atoms with E-state index in [0.29, 0.717) is 11.1 Å². The number of anilines is 1. The van der Waals surface area contributed by atoms with Crippen molar-refractivity contribution in [2.24, 2.45) is 0 Å². The van der Waals surface area contributed by atoms with Crippen molar-refractivity contribution in [3.8, 4) is 17.2 Å². The molecule has 0 aliphatic heterocycles. The van der Waals surface area contributed by atoms with Crippen LogP contribution in [0.3, 0.4) is 0 Å². The number of methoxy groups -OCH3 is 1. The molecule has 134 valence electrons. The summed E-state index contributed by atoms with van der Waals surface area (Å²) >= 11 is 1.24. The summed E-state index contributed by atoms with van der Waals surface area (Å²) in [6.07, 6.45) is 0. The minimum atomic E-state index is -0.357. The lowest BCUT2D eigenvalue weighted by atomic mass is 10.2. The van der Waals surface area contributed by atoms with Gasteiger partial charge < -0.3 is 14.1 Å². The van der Waals surface area contributed by atoms with Gasteiger partial charge in [0.05, 0.1) is 12.4 Å². The largest absolute Gasteiger partial charge is 0.497 e. The molecule has 1 amide bonds. The summed E-state index contributed by atoms with van der Waals surface area (Å²) in [5, 5.41) is 8.09. The lowest BCUT2D eigenvalue weighted by molar-refractivity contribution is -0.117. The van der Waals surface area contributed by atoms with Crippen LogP contribution in [0.5, 0.6) is 5.75 Å². The molecule has 0 saturated heterocycles. The van der Waals surface area contributed by atoms with Gasteiger partial charge in [0.15, 0.2) is 0 Å². The minimum absolute atomic E-state index is 0.0367. The highest BCUT2D eigenvalue weighted by molar-refractivity contribution is 8.00. The first kappa shape index (κ1) is 18.0. The maximum absolute atomic E-state index is 12.6. The van der Waals surface area contributed by atoms with Crippen molar-refractivity contribution in [1.29, 1.82) is 0 Å². The van der Waals surface area contributed by atoms with Gasteiger partial charge in [0.1, 0.15) is 5.75 Å². The molecule has 2 aromatic carbocycles. The van der Waals surface area contributed by atoms with Crippen molar-refractivity contribution < 1.29 is 13.9 Å². The van der Waals surface area contributed by atoms with Gasteiger partial charge in [-0.05, 0) is 43.3 Å². The zero-order chi connectivity index (χ0) is 18.5. The normalized spacial score (nSPS) is 11.8. The Balaban J connectivity index is 1.67. The van der Waals surface area contributed by atoms with Gasteiger partial charge in [-0.3, -0.25) is 4.79 Å². The summed E-state index contributed by atoms with van der Waals surface area (Å²) in [6.45, 7) is 1.82. The summed E-state index contributed by atoms with van der Waals surface area (Å²) < 4.78 is 10.8. The second-order valence-electron chi connectivity index (χ2n) is 5.59. The molecule has 3 rings (SSSR count). The molecule has 0 unspecified atom stereocenters. The van der Waals surface area contributed by atoms with E-state index in [4.69, 9.17) is 9.15 Å². The molecule has 6 nitrogen and oxygen atoms in total. The molecule has 3 aromatic rings. The number of carbonyl (C=O) groups is 1. The zero-order valence-corrected chi connectivity index (χ0v) is 15.6. The number of para-hydroxylation sites is 1. The fourth-order valence-corrected chi connectivity index (χ4v) is 3.14. The average molecular weight is 369 g/mol. The summed E-state index contributed by atoms with van der Waals surface area (Å²) in [7, 11) is 3.37. The molecule has 0 bridgehead atoms. The quantitative estimate of drug-likeness (QED) is 0.614. The third-order valence-corrected chi connectivity index (χ3v) is 4.76. The van der Waals surface area contributed by atoms with Crippen molar-refractivity contribution in [1.82, 2.24) is 10.2 Å². The second-order valence-corrected chi connectivity index (χ2v) is 6.89. The van der Waals surface area contributed by atoms with E-state index in [1.807, 2.05) is 61.5 Å². The number of aromatic nitrogens is 2. The number of nitrogens with zero attached hydrogens (tertiary/aromatic N) is 3. The van der Waals surface area contributed by atoms with E-state index in [2.05, 4.69) is 10.2 Å². The van der Waals surface area contributed by atoms with Gasteiger partial charge in [-0.15, -0.1) is 10.2 Å². The molecule has 0 aliphatic rings. The Morgan fingerprint density at radius 2 is 1.81 bits per heavy atom. The molecular weight excluding hydrogens is 350 g/mol. The third kappa shape index (κ3) is 4.05. The van der Waals surface area contributed by atoms with Crippen molar-refractivity contribution in [3.05, 3.63) is 54.6 Å². The van der Waals surface area contributed by atoms with Crippen LogP contribution in [0.2, 0.25) is 0 Å². The first-order valence-corrected chi connectivity index (χ1v) is 8.93. The average Bonchev–Trinajstić information content (AvgIpc) is 3.16. The van der Waals surface area contributed by atoms with E-state index in [-0.39, 0.29) is 11.2 Å².